The Kier molecular flexibility index (Phi) is 3.67. The lowest BCUT2D eigenvalue weighted by Gasteiger charge is -2.16. The number of carbonyl (C=O) groups is 1. The van der Waals surface area contributed by atoms with Gasteiger partial charge in [0.25, 0.3) is 0 Å². The Bertz CT molecular complexity index is 391. The molecule has 1 aliphatic heterocycles. The minimum absolute atomic E-state index is 0. The summed E-state index contributed by atoms with van der Waals surface area (Å²) in [6, 6.07) is 8.08. The summed E-state index contributed by atoms with van der Waals surface area (Å²) < 4.78 is 0. The predicted molar refractivity (Wildman–Crippen MR) is 72.3 cm³/mol. The highest BCUT2D eigenvalue weighted by atomic mass is 16.2. The smallest absolute Gasteiger partial charge is 0.321 e. The summed E-state index contributed by atoms with van der Waals surface area (Å²) in [5, 5.41) is 2.94. The van der Waals surface area contributed by atoms with E-state index in [4.69, 9.17) is 0 Å². The maximum atomic E-state index is 11.9. The molecule has 94 valence electrons. The molecule has 17 heavy (non-hydrogen) atoms. The number of hydrogen-bond acceptors (Lipinski definition) is 1. The van der Waals surface area contributed by atoms with E-state index in [9.17, 15) is 4.79 Å². The molecule has 1 fully saturated rings. The van der Waals surface area contributed by atoms with Gasteiger partial charge in [0, 0.05) is 20.2 Å². The van der Waals surface area contributed by atoms with Crippen molar-refractivity contribution >= 4 is 11.7 Å². The van der Waals surface area contributed by atoms with Gasteiger partial charge < -0.3 is 10.2 Å². The highest BCUT2D eigenvalue weighted by Crippen LogP contribution is 2.17. The lowest BCUT2D eigenvalue weighted by atomic mass is 10.1. The van der Waals surface area contributed by atoms with E-state index in [1.165, 1.54) is 5.56 Å². The van der Waals surface area contributed by atoms with Crippen molar-refractivity contribution in [3.8, 4) is 0 Å². The van der Waals surface area contributed by atoms with Crippen LogP contribution in [-0.4, -0.2) is 24.0 Å². The molecule has 1 aromatic carbocycles. The average Bonchev–Trinajstić information content (AvgIpc) is 2.77. The molecule has 3 nitrogen and oxygen atoms in total. The Labute approximate surface area is 104 Å². The first-order chi connectivity index (χ1) is 8.19. The molecule has 2 rings (SSSR count). The van der Waals surface area contributed by atoms with Gasteiger partial charge in [-0.3, -0.25) is 0 Å². The van der Waals surface area contributed by atoms with Crippen LogP contribution in [0.3, 0.4) is 0 Å². The lowest BCUT2D eigenvalue weighted by Crippen LogP contribution is -2.32. The summed E-state index contributed by atoms with van der Waals surface area (Å²) in [4.78, 5) is 13.8. The first-order valence-electron chi connectivity index (χ1n) is 6.34. The highest BCUT2D eigenvalue weighted by molar-refractivity contribution is 5.89. The molecule has 1 unspecified atom stereocenters. The number of nitrogens with one attached hydrogen (secondary N) is 1. The van der Waals surface area contributed by atoms with Crippen molar-refractivity contribution in [3.63, 3.8) is 0 Å². The van der Waals surface area contributed by atoms with Crippen LogP contribution in [0.1, 0.15) is 27.3 Å². The molecule has 1 heterocycles. The Morgan fingerprint density at radius 3 is 2.71 bits per heavy atom. The summed E-state index contributed by atoms with van der Waals surface area (Å²) in [7, 11) is 0. The molecule has 2 amide bonds. The van der Waals surface area contributed by atoms with Crippen molar-refractivity contribution in [2.45, 2.75) is 26.7 Å². The molecule has 0 bridgehead atoms. The lowest BCUT2D eigenvalue weighted by molar-refractivity contribution is 0.221. The highest BCUT2D eigenvalue weighted by Gasteiger charge is 2.22. The first-order valence-corrected chi connectivity index (χ1v) is 6.34. The van der Waals surface area contributed by atoms with Gasteiger partial charge in [-0.05, 0) is 36.5 Å². The number of aryl methyl sites for hydroxylation is 1. The number of amides is 2. The van der Waals surface area contributed by atoms with Crippen molar-refractivity contribution in [2.75, 3.05) is 18.4 Å². The van der Waals surface area contributed by atoms with E-state index in [0.717, 1.165) is 31.6 Å². The number of likely N-dealkylation sites (tertiary alicyclic amines) is 1. The molecule has 1 aliphatic rings. The van der Waals surface area contributed by atoms with Crippen LogP contribution in [0.4, 0.5) is 10.5 Å². The summed E-state index contributed by atoms with van der Waals surface area (Å²) in [6.45, 7) is 6.06. The van der Waals surface area contributed by atoms with Gasteiger partial charge in [0.1, 0.15) is 0 Å². The second-order valence-corrected chi connectivity index (χ2v) is 4.82. The number of nitrogens with zero attached hydrogens (tertiary/aromatic N) is 1. The molecule has 0 spiro atoms. The third-order valence-corrected chi connectivity index (χ3v) is 3.32. The van der Waals surface area contributed by atoms with Crippen molar-refractivity contribution in [2.24, 2.45) is 5.92 Å². The molecule has 1 aromatic rings. The maximum absolute atomic E-state index is 11.9. The molecule has 1 atom stereocenters. The van der Waals surface area contributed by atoms with Crippen LogP contribution in [0.25, 0.3) is 0 Å². The number of hydrogen-bond donors (Lipinski definition) is 1. The van der Waals surface area contributed by atoms with Gasteiger partial charge in [0.2, 0.25) is 0 Å². The van der Waals surface area contributed by atoms with E-state index >= 15 is 0 Å². The van der Waals surface area contributed by atoms with Crippen molar-refractivity contribution in [1.29, 1.82) is 0 Å². The second kappa shape index (κ2) is 5.21. The van der Waals surface area contributed by atoms with Crippen LogP contribution in [0.2, 0.25) is 0 Å². The van der Waals surface area contributed by atoms with Crippen LogP contribution in [-0.2, 0) is 6.42 Å². The van der Waals surface area contributed by atoms with Crippen LogP contribution in [0.5, 0.6) is 0 Å². The van der Waals surface area contributed by atoms with Gasteiger partial charge in [-0.25, -0.2) is 4.79 Å². The summed E-state index contributed by atoms with van der Waals surface area (Å²) in [6.07, 6.45) is 2.14. The van der Waals surface area contributed by atoms with Crippen LogP contribution < -0.4 is 5.32 Å². The van der Waals surface area contributed by atoms with Crippen molar-refractivity contribution in [1.82, 2.24) is 4.90 Å². The Balaban J connectivity index is 0.00000162. The molecule has 0 radical (unpaired) electrons. The Morgan fingerprint density at radius 2 is 2.18 bits per heavy atom. The van der Waals surface area contributed by atoms with E-state index in [1.54, 1.807) is 0 Å². The first kappa shape index (κ1) is 12.0. The fraction of sp³-hybridized carbons (Fsp3) is 0.500. The summed E-state index contributed by atoms with van der Waals surface area (Å²) >= 11 is 0. The minimum atomic E-state index is 0. The van der Waals surface area contributed by atoms with E-state index in [2.05, 4.69) is 31.3 Å². The Hall–Kier alpha value is -1.51. The number of anilines is 1. The fourth-order valence-electron chi connectivity index (χ4n) is 2.15. The monoisotopic (exact) mass is 234 g/mol. The zero-order valence-corrected chi connectivity index (χ0v) is 10.6. The number of rotatable bonds is 2. The normalized spacial score (nSPS) is 19.4. The van der Waals surface area contributed by atoms with E-state index in [0.29, 0.717) is 5.92 Å². The van der Waals surface area contributed by atoms with Gasteiger partial charge in [0.05, 0.1) is 0 Å². The van der Waals surface area contributed by atoms with E-state index in [1.807, 2.05) is 17.0 Å². The quantitative estimate of drug-likeness (QED) is 0.836. The zero-order chi connectivity index (χ0) is 12.3. The standard InChI is InChI=1S/C14H20N2O.H2/c1-3-12-4-6-13(7-5-12)15-14(17)16-9-8-11(2)10-16;/h4-7,11H,3,8-10H2,1-2H3,(H,15,17);1H. The minimum Gasteiger partial charge on any atom is -0.324 e. The fourth-order valence-corrected chi connectivity index (χ4v) is 2.15. The van der Waals surface area contributed by atoms with Crippen LogP contribution in [0, 0.1) is 5.92 Å². The van der Waals surface area contributed by atoms with Gasteiger partial charge in [-0.2, -0.15) is 0 Å². The largest absolute Gasteiger partial charge is 0.324 e. The summed E-state index contributed by atoms with van der Waals surface area (Å²) in [5.41, 5.74) is 2.17. The molecule has 0 aromatic heterocycles. The molecular formula is C14H22N2O. The van der Waals surface area contributed by atoms with Crippen molar-refractivity contribution in [3.05, 3.63) is 29.8 Å². The van der Waals surface area contributed by atoms with Gasteiger partial charge >= 0.3 is 6.03 Å². The number of carbonyl (C=O) groups excluding carboxylic acids is 1. The maximum Gasteiger partial charge on any atom is 0.321 e. The molecule has 1 N–H and O–H groups in total. The number of benzene rings is 1. The topological polar surface area (TPSA) is 32.3 Å². The van der Waals surface area contributed by atoms with Gasteiger partial charge in [0.15, 0.2) is 0 Å². The predicted octanol–water partition coefficient (Wildman–Crippen LogP) is 3.37. The van der Waals surface area contributed by atoms with E-state index < -0.39 is 0 Å². The molecule has 0 aliphatic carbocycles. The number of urea groups is 1. The Morgan fingerprint density at radius 1 is 1.47 bits per heavy atom. The summed E-state index contributed by atoms with van der Waals surface area (Å²) in [5.74, 6) is 0.628. The molecule has 1 saturated heterocycles. The van der Waals surface area contributed by atoms with Crippen LogP contribution >= 0.6 is 0 Å². The molecular weight excluding hydrogens is 212 g/mol. The SMILES string of the molecule is CCc1ccc(NC(=O)N2CCC(C)C2)cc1.[HH]. The average molecular weight is 234 g/mol. The van der Waals surface area contributed by atoms with E-state index in [-0.39, 0.29) is 7.46 Å². The van der Waals surface area contributed by atoms with Crippen molar-refractivity contribution < 1.29 is 6.22 Å². The third-order valence-electron chi connectivity index (χ3n) is 3.32. The zero-order valence-electron chi connectivity index (χ0n) is 10.6. The third kappa shape index (κ3) is 2.99. The second-order valence-electron chi connectivity index (χ2n) is 4.82. The van der Waals surface area contributed by atoms with Gasteiger partial charge in [-0.15, -0.1) is 0 Å². The molecule has 0 saturated carbocycles. The molecule has 3 heteroatoms. The van der Waals surface area contributed by atoms with Gasteiger partial charge in [-0.1, -0.05) is 26.0 Å². The van der Waals surface area contributed by atoms with Crippen LogP contribution in [0.15, 0.2) is 24.3 Å².